The number of nitrogens with one attached hydrogen (secondary N) is 2. The fourth-order valence-corrected chi connectivity index (χ4v) is 2.30. The highest BCUT2D eigenvalue weighted by atomic mass is 35.5. The Kier molecular flexibility index (Phi) is 6.65. The first-order valence-corrected chi connectivity index (χ1v) is 7.92. The molecular weight excluding hydrogens is 344 g/mol. The minimum atomic E-state index is -0.398. The van der Waals surface area contributed by atoms with Crippen molar-refractivity contribution in [2.45, 2.75) is 6.54 Å². The van der Waals surface area contributed by atoms with E-state index in [2.05, 4.69) is 10.6 Å². The lowest BCUT2D eigenvalue weighted by Crippen LogP contribution is -2.36. The smallest absolute Gasteiger partial charge is 0.251 e. The van der Waals surface area contributed by atoms with Crippen molar-refractivity contribution in [3.8, 4) is 11.5 Å². The second-order valence-electron chi connectivity index (χ2n) is 5.15. The SMILES string of the molecule is COc1cc(OC)cc(C(=O)NCC(=O)NCc2ccccc2Cl)c1. The summed E-state index contributed by atoms with van der Waals surface area (Å²) in [6, 6.07) is 12.0. The van der Waals surface area contributed by atoms with Crippen LogP contribution in [0.25, 0.3) is 0 Å². The first-order chi connectivity index (χ1) is 12.0. The van der Waals surface area contributed by atoms with Crippen LogP contribution in [0.2, 0.25) is 5.02 Å². The average Bonchev–Trinajstić information content (AvgIpc) is 2.64. The summed E-state index contributed by atoms with van der Waals surface area (Å²) in [6.07, 6.45) is 0. The van der Waals surface area contributed by atoms with Gasteiger partial charge in [-0.15, -0.1) is 0 Å². The van der Waals surface area contributed by atoms with Crippen LogP contribution in [0.3, 0.4) is 0 Å². The maximum absolute atomic E-state index is 12.2. The predicted molar refractivity (Wildman–Crippen MR) is 95.2 cm³/mol. The molecular formula is C18H19ClN2O4. The van der Waals surface area contributed by atoms with E-state index in [0.29, 0.717) is 28.6 Å². The lowest BCUT2D eigenvalue weighted by molar-refractivity contribution is -0.120. The summed E-state index contributed by atoms with van der Waals surface area (Å²) >= 11 is 6.03. The lowest BCUT2D eigenvalue weighted by Gasteiger charge is -2.10. The molecule has 2 amide bonds. The fraction of sp³-hybridized carbons (Fsp3) is 0.222. The topological polar surface area (TPSA) is 76.7 Å². The fourth-order valence-electron chi connectivity index (χ4n) is 2.10. The largest absolute Gasteiger partial charge is 0.497 e. The number of methoxy groups -OCH3 is 2. The third-order valence-corrected chi connectivity index (χ3v) is 3.83. The summed E-state index contributed by atoms with van der Waals surface area (Å²) in [5.74, 6) is 0.272. The number of halogens is 1. The van der Waals surface area contributed by atoms with Crippen molar-refractivity contribution in [1.29, 1.82) is 0 Å². The predicted octanol–water partition coefficient (Wildman–Crippen LogP) is 2.40. The van der Waals surface area contributed by atoms with Crippen molar-refractivity contribution in [2.24, 2.45) is 0 Å². The third kappa shape index (κ3) is 5.39. The van der Waals surface area contributed by atoms with Gasteiger partial charge in [-0.2, -0.15) is 0 Å². The van der Waals surface area contributed by atoms with Crippen LogP contribution in [0.15, 0.2) is 42.5 Å². The molecule has 0 aliphatic heterocycles. The molecule has 2 aromatic rings. The molecule has 25 heavy (non-hydrogen) atoms. The van der Waals surface area contributed by atoms with Crippen LogP contribution in [0.4, 0.5) is 0 Å². The molecule has 2 aromatic carbocycles. The highest BCUT2D eigenvalue weighted by Crippen LogP contribution is 2.22. The van der Waals surface area contributed by atoms with Gasteiger partial charge in [0.1, 0.15) is 11.5 Å². The molecule has 2 rings (SSSR count). The summed E-state index contributed by atoms with van der Waals surface area (Å²) in [7, 11) is 3.00. The molecule has 132 valence electrons. The molecule has 0 saturated carbocycles. The van der Waals surface area contributed by atoms with E-state index in [9.17, 15) is 9.59 Å². The molecule has 0 fully saturated rings. The second-order valence-corrected chi connectivity index (χ2v) is 5.56. The van der Waals surface area contributed by atoms with Crippen LogP contribution < -0.4 is 20.1 Å². The van der Waals surface area contributed by atoms with Crippen LogP contribution in [-0.2, 0) is 11.3 Å². The van der Waals surface area contributed by atoms with Gasteiger partial charge < -0.3 is 20.1 Å². The summed E-state index contributed by atoms with van der Waals surface area (Å²) in [5, 5.41) is 5.84. The maximum atomic E-state index is 12.2. The number of ether oxygens (including phenoxy) is 2. The highest BCUT2D eigenvalue weighted by Gasteiger charge is 2.11. The molecule has 0 aliphatic rings. The second kappa shape index (κ2) is 8.94. The minimum absolute atomic E-state index is 0.150. The van der Waals surface area contributed by atoms with E-state index in [4.69, 9.17) is 21.1 Å². The maximum Gasteiger partial charge on any atom is 0.251 e. The summed E-state index contributed by atoms with van der Waals surface area (Å²) < 4.78 is 10.2. The van der Waals surface area contributed by atoms with Crippen LogP contribution in [-0.4, -0.2) is 32.6 Å². The molecule has 0 atom stereocenters. The van der Waals surface area contributed by atoms with Crippen LogP contribution in [0.1, 0.15) is 15.9 Å². The summed E-state index contributed by atoms with van der Waals surface area (Å²) in [5.41, 5.74) is 1.15. The Balaban J connectivity index is 1.89. The zero-order valence-electron chi connectivity index (χ0n) is 14.0. The Labute approximate surface area is 151 Å². The quantitative estimate of drug-likeness (QED) is 0.793. The number of hydrogen-bond acceptors (Lipinski definition) is 4. The first kappa shape index (κ1) is 18.6. The molecule has 0 unspecified atom stereocenters. The van der Waals surface area contributed by atoms with Gasteiger partial charge >= 0.3 is 0 Å². The molecule has 6 nitrogen and oxygen atoms in total. The van der Waals surface area contributed by atoms with Gasteiger partial charge in [-0.1, -0.05) is 29.8 Å². The molecule has 7 heteroatoms. The number of carbonyl (C=O) groups excluding carboxylic acids is 2. The first-order valence-electron chi connectivity index (χ1n) is 7.55. The average molecular weight is 363 g/mol. The van der Waals surface area contributed by atoms with Crippen molar-refractivity contribution in [2.75, 3.05) is 20.8 Å². The zero-order valence-corrected chi connectivity index (χ0v) is 14.7. The van der Waals surface area contributed by atoms with Gasteiger partial charge in [0.15, 0.2) is 0 Å². The van der Waals surface area contributed by atoms with Gasteiger partial charge in [0.05, 0.1) is 20.8 Å². The monoisotopic (exact) mass is 362 g/mol. The lowest BCUT2D eigenvalue weighted by atomic mass is 10.2. The van der Waals surface area contributed by atoms with E-state index >= 15 is 0 Å². The van der Waals surface area contributed by atoms with Crippen molar-refractivity contribution >= 4 is 23.4 Å². The Morgan fingerprint density at radius 3 is 2.24 bits per heavy atom. The van der Waals surface area contributed by atoms with Gasteiger partial charge in [-0.25, -0.2) is 0 Å². The number of rotatable bonds is 7. The Morgan fingerprint density at radius 1 is 1.00 bits per heavy atom. The zero-order chi connectivity index (χ0) is 18.2. The van der Waals surface area contributed by atoms with E-state index in [0.717, 1.165) is 5.56 Å². The van der Waals surface area contributed by atoms with Crippen LogP contribution in [0, 0.1) is 0 Å². The Bertz CT molecular complexity index is 742. The van der Waals surface area contributed by atoms with E-state index in [1.54, 1.807) is 24.3 Å². The standard InChI is InChI=1S/C18H19ClN2O4/c1-24-14-7-13(8-15(9-14)25-2)18(23)21-11-17(22)20-10-12-5-3-4-6-16(12)19/h3-9H,10-11H2,1-2H3,(H,20,22)(H,21,23). The Morgan fingerprint density at radius 2 is 1.64 bits per heavy atom. The Hall–Kier alpha value is -2.73. The van der Waals surface area contributed by atoms with E-state index in [-0.39, 0.29) is 12.5 Å². The number of amides is 2. The number of carbonyl (C=O) groups is 2. The molecule has 0 radical (unpaired) electrons. The summed E-state index contributed by atoms with van der Waals surface area (Å²) in [4.78, 5) is 24.1. The molecule has 0 saturated heterocycles. The highest BCUT2D eigenvalue weighted by molar-refractivity contribution is 6.31. The van der Waals surface area contributed by atoms with E-state index in [1.807, 2.05) is 18.2 Å². The van der Waals surface area contributed by atoms with Gasteiger partial charge in [0.25, 0.3) is 5.91 Å². The van der Waals surface area contributed by atoms with Crippen molar-refractivity contribution < 1.29 is 19.1 Å². The van der Waals surface area contributed by atoms with Crippen molar-refractivity contribution in [1.82, 2.24) is 10.6 Å². The van der Waals surface area contributed by atoms with Crippen LogP contribution in [0.5, 0.6) is 11.5 Å². The minimum Gasteiger partial charge on any atom is -0.497 e. The molecule has 0 spiro atoms. The van der Waals surface area contributed by atoms with Gasteiger partial charge in [-0.05, 0) is 23.8 Å². The van der Waals surface area contributed by atoms with Crippen molar-refractivity contribution in [3.05, 3.63) is 58.6 Å². The number of hydrogen-bond donors (Lipinski definition) is 2. The molecule has 0 aliphatic carbocycles. The van der Waals surface area contributed by atoms with Crippen molar-refractivity contribution in [3.63, 3.8) is 0 Å². The van der Waals surface area contributed by atoms with Gasteiger partial charge in [-0.3, -0.25) is 9.59 Å². The van der Waals surface area contributed by atoms with E-state index in [1.165, 1.54) is 14.2 Å². The third-order valence-electron chi connectivity index (χ3n) is 3.46. The van der Waals surface area contributed by atoms with E-state index < -0.39 is 5.91 Å². The molecule has 0 aromatic heterocycles. The van der Waals surface area contributed by atoms with Crippen LogP contribution >= 0.6 is 11.6 Å². The molecule has 0 heterocycles. The molecule has 2 N–H and O–H groups in total. The summed E-state index contributed by atoms with van der Waals surface area (Å²) in [6.45, 7) is 0.143. The normalized spacial score (nSPS) is 10.0. The molecule has 0 bridgehead atoms. The number of benzene rings is 2. The van der Waals surface area contributed by atoms with Gasteiger partial charge in [0, 0.05) is 23.2 Å². The van der Waals surface area contributed by atoms with Gasteiger partial charge in [0.2, 0.25) is 5.91 Å².